The zero-order valence-corrected chi connectivity index (χ0v) is 23.6. The van der Waals surface area contributed by atoms with E-state index >= 15 is 0 Å². The third-order valence-electron chi connectivity index (χ3n) is 6.93. The highest BCUT2D eigenvalue weighted by molar-refractivity contribution is 7.90. The van der Waals surface area contributed by atoms with Gasteiger partial charge in [-0.2, -0.15) is 0 Å². The maximum Gasteiger partial charge on any atom is 0.242 e. The Morgan fingerprint density at radius 2 is 1.73 bits per heavy atom. The molecule has 1 fully saturated rings. The van der Waals surface area contributed by atoms with Crippen LogP contribution in [0.5, 0.6) is 0 Å². The molecule has 0 unspecified atom stereocenters. The van der Waals surface area contributed by atoms with Gasteiger partial charge < -0.3 is 4.98 Å². The van der Waals surface area contributed by atoms with Crippen LogP contribution in [0, 0.1) is 5.82 Å². The first kappa shape index (κ1) is 28.7. The molecule has 0 bridgehead atoms. The lowest BCUT2D eigenvalue weighted by molar-refractivity contribution is -0.118. The predicted octanol–water partition coefficient (Wildman–Crippen LogP) is 3.88. The Balaban J connectivity index is 1.36. The van der Waals surface area contributed by atoms with Crippen molar-refractivity contribution in [1.82, 2.24) is 19.4 Å². The molecule has 41 heavy (non-hydrogen) atoms. The van der Waals surface area contributed by atoms with Crippen LogP contribution < -0.4 is 9.44 Å². The third kappa shape index (κ3) is 7.07. The quantitative estimate of drug-likeness (QED) is 0.240. The van der Waals surface area contributed by atoms with Crippen LogP contribution in [0.15, 0.2) is 90.0 Å². The van der Waals surface area contributed by atoms with Crippen LogP contribution in [-0.2, 0) is 44.1 Å². The van der Waals surface area contributed by atoms with Gasteiger partial charge >= 0.3 is 0 Å². The van der Waals surface area contributed by atoms with Gasteiger partial charge in [0.2, 0.25) is 26.0 Å². The molecular formula is C29H29FN4O5S2. The van der Waals surface area contributed by atoms with E-state index in [1.54, 1.807) is 30.5 Å². The van der Waals surface area contributed by atoms with E-state index in [2.05, 4.69) is 26.8 Å². The second-order valence-electron chi connectivity index (χ2n) is 9.97. The number of imidazole rings is 1. The number of aromatic nitrogens is 2. The lowest BCUT2D eigenvalue weighted by Gasteiger charge is -2.18. The molecule has 0 spiro atoms. The van der Waals surface area contributed by atoms with Gasteiger partial charge in [0, 0.05) is 11.9 Å². The smallest absolute Gasteiger partial charge is 0.242 e. The summed E-state index contributed by atoms with van der Waals surface area (Å²) in [7, 11) is -7.90. The number of amides is 1. The minimum atomic E-state index is -4.11. The van der Waals surface area contributed by atoms with E-state index in [4.69, 9.17) is 0 Å². The zero-order chi connectivity index (χ0) is 29.0. The first-order chi connectivity index (χ1) is 19.6. The molecule has 1 aliphatic heterocycles. The number of aryl methyl sites for hydroxylation is 2. The first-order valence-electron chi connectivity index (χ1n) is 13.1. The number of benzene rings is 3. The van der Waals surface area contributed by atoms with Crippen molar-refractivity contribution in [3.8, 4) is 0 Å². The number of rotatable bonds is 11. The maximum absolute atomic E-state index is 13.8. The monoisotopic (exact) mass is 596 g/mol. The molecule has 2 heterocycles. The van der Waals surface area contributed by atoms with Gasteiger partial charge in [0.05, 0.1) is 17.4 Å². The minimum Gasteiger partial charge on any atom is -0.345 e. The molecule has 214 valence electrons. The topological polar surface area (TPSA) is 138 Å². The van der Waals surface area contributed by atoms with Crippen molar-refractivity contribution in [2.45, 2.75) is 48.3 Å². The molecule has 2 atom stereocenters. The Morgan fingerprint density at radius 1 is 0.976 bits per heavy atom. The number of halogens is 1. The number of nitrogens with zero attached hydrogens (tertiary/aromatic N) is 1. The Labute approximate surface area is 238 Å². The highest BCUT2D eigenvalue weighted by Gasteiger charge is 2.37. The third-order valence-corrected chi connectivity index (χ3v) is 10.1. The Morgan fingerprint density at radius 3 is 2.41 bits per heavy atom. The van der Waals surface area contributed by atoms with Crippen molar-refractivity contribution in [2.24, 2.45) is 0 Å². The maximum atomic E-state index is 13.8. The van der Waals surface area contributed by atoms with Crippen LogP contribution in [-0.4, -0.2) is 32.7 Å². The molecule has 12 heteroatoms. The number of carbonyl (C=O) groups excluding carboxylic acids is 1. The highest BCUT2D eigenvalue weighted by Crippen LogP contribution is 2.30. The van der Waals surface area contributed by atoms with Gasteiger partial charge in [-0.3, -0.25) is 9.52 Å². The van der Waals surface area contributed by atoms with Crippen LogP contribution in [0.25, 0.3) is 0 Å². The summed E-state index contributed by atoms with van der Waals surface area (Å²) >= 11 is 0. The lowest BCUT2D eigenvalue weighted by Crippen LogP contribution is -2.31. The van der Waals surface area contributed by atoms with Gasteiger partial charge in [0.25, 0.3) is 0 Å². The van der Waals surface area contributed by atoms with E-state index in [1.807, 2.05) is 22.9 Å². The van der Waals surface area contributed by atoms with Gasteiger partial charge in [-0.15, -0.1) is 0 Å². The summed E-state index contributed by atoms with van der Waals surface area (Å²) in [5, 5.41) is -0.977. The van der Waals surface area contributed by atoms with Crippen molar-refractivity contribution in [3.63, 3.8) is 0 Å². The van der Waals surface area contributed by atoms with E-state index in [0.717, 1.165) is 24.6 Å². The van der Waals surface area contributed by atoms with Crippen LogP contribution in [0.1, 0.15) is 52.3 Å². The lowest BCUT2D eigenvalue weighted by atomic mass is 10.0. The predicted molar refractivity (Wildman–Crippen MR) is 151 cm³/mol. The molecule has 3 N–H and O–H groups in total. The summed E-state index contributed by atoms with van der Waals surface area (Å²) in [6, 6.07) is 20.6. The van der Waals surface area contributed by atoms with E-state index in [1.165, 1.54) is 23.8 Å². The number of hydrogen-bond acceptors (Lipinski definition) is 6. The van der Waals surface area contributed by atoms with Crippen molar-refractivity contribution in [1.29, 1.82) is 0 Å². The standard InChI is InChI=1S/C29H29FN4O5S2/c30-23-9-5-11-25(17-23)40(36,37)33-26(29-31-19-24(32-29)10-4-8-20-6-2-1-3-7-20)16-21-12-14-22(15-13-21)27-18-28(35)34-41(27,38)39/h1-3,5-7,9,11-15,17,19,26-27,33H,4,8,10,16,18H2,(H,31,32)(H,34,35)/t26-,27-/m0/s1. The van der Waals surface area contributed by atoms with Crippen molar-refractivity contribution >= 4 is 26.0 Å². The number of nitrogens with one attached hydrogen (secondary N) is 3. The molecule has 9 nitrogen and oxygen atoms in total. The molecule has 3 aromatic carbocycles. The Hall–Kier alpha value is -3.87. The zero-order valence-electron chi connectivity index (χ0n) is 22.0. The molecule has 0 radical (unpaired) electrons. The molecule has 1 amide bonds. The first-order valence-corrected chi connectivity index (χ1v) is 16.1. The van der Waals surface area contributed by atoms with Gasteiger partial charge in [0.15, 0.2) is 0 Å². The molecule has 1 aliphatic rings. The summed E-state index contributed by atoms with van der Waals surface area (Å²) in [6.07, 6.45) is 4.17. The average Bonchev–Trinajstić information content (AvgIpc) is 3.52. The molecule has 0 aliphatic carbocycles. The largest absolute Gasteiger partial charge is 0.345 e. The van der Waals surface area contributed by atoms with Crippen molar-refractivity contribution in [3.05, 3.63) is 119 Å². The van der Waals surface area contributed by atoms with E-state index in [0.29, 0.717) is 23.4 Å². The van der Waals surface area contributed by atoms with Crippen molar-refractivity contribution < 1.29 is 26.0 Å². The van der Waals surface area contributed by atoms with E-state index in [-0.39, 0.29) is 17.7 Å². The van der Waals surface area contributed by atoms with Gasteiger partial charge in [0.1, 0.15) is 16.9 Å². The fraction of sp³-hybridized carbons (Fsp3) is 0.241. The molecular weight excluding hydrogens is 567 g/mol. The Kier molecular flexibility index (Phi) is 8.34. The molecule has 0 saturated carbocycles. The number of sulfonamides is 2. The molecule has 5 rings (SSSR count). The number of hydrogen-bond donors (Lipinski definition) is 3. The van der Waals surface area contributed by atoms with Crippen LogP contribution in [0.2, 0.25) is 0 Å². The van der Waals surface area contributed by atoms with Gasteiger partial charge in [-0.1, -0.05) is 60.7 Å². The van der Waals surface area contributed by atoms with E-state index < -0.39 is 43.1 Å². The molecule has 4 aromatic rings. The second kappa shape index (κ2) is 11.9. The summed E-state index contributed by atoms with van der Waals surface area (Å²) in [5.41, 5.74) is 3.24. The van der Waals surface area contributed by atoms with E-state index in [9.17, 15) is 26.0 Å². The Bertz CT molecular complexity index is 1740. The molecule has 1 aromatic heterocycles. The van der Waals surface area contributed by atoms with Gasteiger partial charge in [-0.05, 0) is 60.6 Å². The van der Waals surface area contributed by atoms with Crippen molar-refractivity contribution in [2.75, 3.05) is 0 Å². The summed E-state index contributed by atoms with van der Waals surface area (Å²) in [6.45, 7) is 0. The minimum absolute atomic E-state index is 0.156. The summed E-state index contributed by atoms with van der Waals surface area (Å²) in [5.74, 6) is -0.825. The van der Waals surface area contributed by atoms with Gasteiger partial charge in [-0.25, -0.2) is 30.9 Å². The number of aromatic amines is 1. The fourth-order valence-electron chi connectivity index (χ4n) is 4.84. The fourth-order valence-corrected chi connectivity index (χ4v) is 7.50. The normalized spacial score (nSPS) is 17.3. The van der Waals surface area contributed by atoms with Crippen LogP contribution >= 0.6 is 0 Å². The summed E-state index contributed by atoms with van der Waals surface area (Å²) in [4.78, 5) is 19.1. The average molecular weight is 597 g/mol. The SMILES string of the molecule is O=C1C[C@@H](c2ccc(C[C@H](NS(=O)(=O)c3cccc(F)c3)c3ncc(CCCc4ccccc4)[nH]3)cc2)S(=O)(=O)N1. The summed E-state index contributed by atoms with van der Waals surface area (Å²) < 4.78 is 69.4. The number of carbonyl (C=O) groups is 1. The van der Waals surface area contributed by atoms with Crippen LogP contribution in [0.3, 0.4) is 0 Å². The highest BCUT2D eigenvalue weighted by atomic mass is 32.2. The van der Waals surface area contributed by atoms with Crippen LogP contribution in [0.4, 0.5) is 4.39 Å². The molecule has 1 saturated heterocycles. The second-order valence-corrected chi connectivity index (χ2v) is 13.5. The number of H-pyrrole nitrogens is 1.